The predicted molar refractivity (Wildman–Crippen MR) is 284 cm³/mol. The number of phenolic OH excluding ortho intramolecular Hbond substituents is 1. The molecule has 0 spiro atoms. The molecule has 0 aromatic heterocycles. The number of guanidine groups is 1. The zero-order valence-electron chi connectivity index (χ0n) is 42.8. The first kappa shape index (κ1) is 61.2. The summed E-state index contributed by atoms with van der Waals surface area (Å²) in [4.78, 5) is 140. The second kappa shape index (κ2) is 29.1. The van der Waals surface area contributed by atoms with Crippen LogP contribution in [0.4, 0.5) is 0 Å². The topological polar surface area (TPSA) is 395 Å². The summed E-state index contributed by atoms with van der Waals surface area (Å²) in [5.74, 6) is -8.56. The van der Waals surface area contributed by atoms with Gasteiger partial charge in [-0.1, -0.05) is 64.5 Å². The van der Waals surface area contributed by atoms with E-state index in [1.54, 1.807) is 26.0 Å². The van der Waals surface area contributed by atoms with Gasteiger partial charge < -0.3 is 70.2 Å². The molecule has 1 saturated heterocycles. The Labute approximate surface area is 448 Å². The van der Waals surface area contributed by atoms with Crippen molar-refractivity contribution in [1.82, 2.24) is 42.1 Å². The Morgan fingerprint density at radius 1 is 0.733 bits per heavy atom. The van der Waals surface area contributed by atoms with E-state index in [0.29, 0.717) is 24.8 Å². The average Bonchev–Trinajstić information content (AvgIpc) is 3.85. The fourth-order valence-corrected chi connectivity index (χ4v) is 10.4. The Morgan fingerprint density at radius 2 is 1.36 bits per heavy atom. The van der Waals surface area contributed by atoms with Gasteiger partial charge in [-0.3, -0.25) is 52.9 Å². The zero-order chi connectivity index (χ0) is 55.5. The average molecular weight is 1090 g/mol. The van der Waals surface area contributed by atoms with Gasteiger partial charge in [0.1, 0.15) is 47.5 Å². The molecule has 0 radical (unpaired) electrons. The molecule has 3 fully saturated rings. The smallest absolute Gasteiger partial charge is 0.246 e. The highest BCUT2D eigenvalue weighted by molar-refractivity contribution is 7.81. The molecule has 2 saturated carbocycles. The quantitative estimate of drug-likeness (QED) is 0.0203. The maximum absolute atomic E-state index is 14.6. The molecule has 3 aliphatic rings. The van der Waals surface area contributed by atoms with Crippen LogP contribution in [0.3, 0.4) is 0 Å². The van der Waals surface area contributed by atoms with Gasteiger partial charge in [0.05, 0.1) is 13.0 Å². The molecule has 0 bridgehead atoms. The first-order valence-electron chi connectivity index (χ1n) is 25.6. The van der Waals surface area contributed by atoms with Crippen molar-refractivity contribution in [2.24, 2.45) is 33.8 Å². The summed E-state index contributed by atoms with van der Waals surface area (Å²) in [6.45, 7) is 3.01. The molecular formula is C49H77N13O11S2. The summed E-state index contributed by atoms with van der Waals surface area (Å²) in [5, 5.41) is 28.6. The van der Waals surface area contributed by atoms with Gasteiger partial charge in [-0.05, 0) is 75.0 Å². The first-order chi connectivity index (χ1) is 35.5. The molecule has 24 nitrogen and oxygen atoms in total. The van der Waals surface area contributed by atoms with Crippen molar-refractivity contribution < 1.29 is 53.1 Å². The van der Waals surface area contributed by atoms with Crippen LogP contribution < -0.4 is 60.2 Å². The third-order valence-electron chi connectivity index (χ3n) is 13.7. The fourth-order valence-electron chi connectivity index (χ4n) is 9.68. The summed E-state index contributed by atoms with van der Waals surface area (Å²) < 4.78 is -0.526. The molecule has 4 rings (SSSR count). The Balaban J connectivity index is 1.48. The minimum absolute atomic E-state index is 0.0167. The lowest BCUT2D eigenvalue weighted by molar-refractivity contribution is -0.142. The van der Waals surface area contributed by atoms with Gasteiger partial charge >= 0.3 is 0 Å². The number of primary amides is 2. The lowest BCUT2D eigenvalue weighted by atomic mass is 9.80. The van der Waals surface area contributed by atoms with Crippen molar-refractivity contribution in [3.05, 3.63) is 29.8 Å². The van der Waals surface area contributed by atoms with Crippen molar-refractivity contribution >= 4 is 90.3 Å². The molecule has 2 aliphatic carbocycles. The number of likely N-dealkylation sites (tertiary alicyclic amines) is 1. The Bertz CT molecular complexity index is 2240. The highest BCUT2D eigenvalue weighted by atomic mass is 32.1. The lowest BCUT2D eigenvalue weighted by Gasteiger charge is -2.39. The number of phenols is 1. The van der Waals surface area contributed by atoms with E-state index in [2.05, 4.69) is 54.8 Å². The van der Waals surface area contributed by atoms with Gasteiger partial charge in [0, 0.05) is 36.4 Å². The van der Waals surface area contributed by atoms with Crippen LogP contribution >= 0.6 is 25.3 Å². The first-order valence-corrected chi connectivity index (χ1v) is 26.7. The number of carbonyl (C=O) groups is 10. The second-order valence-electron chi connectivity index (χ2n) is 20.1. The van der Waals surface area contributed by atoms with Crippen LogP contribution in [0.5, 0.6) is 5.75 Å². The van der Waals surface area contributed by atoms with Gasteiger partial charge in [0.25, 0.3) is 0 Å². The third-order valence-corrected chi connectivity index (χ3v) is 14.7. The van der Waals surface area contributed by atoms with E-state index in [-0.39, 0.29) is 81.4 Å². The Kier molecular flexibility index (Phi) is 23.8. The van der Waals surface area contributed by atoms with Crippen molar-refractivity contribution in [2.75, 3.05) is 25.4 Å². The van der Waals surface area contributed by atoms with Crippen molar-refractivity contribution in [3.8, 4) is 5.75 Å². The lowest BCUT2D eigenvalue weighted by Crippen LogP contribution is -2.66. The molecule has 10 amide bonds. The van der Waals surface area contributed by atoms with Gasteiger partial charge in [-0.2, -0.15) is 25.3 Å². The number of carbonyl (C=O) groups excluding carboxylic acids is 10. The minimum atomic E-state index is -1.66. The number of nitrogens with zero attached hydrogens (tertiary/aromatic N) is 2. The molecule has 1 aromatic rings. The predicted octanol–water partition coefficient (Wildman–Crippen LogP) is -1.69. The van der Waals surface area contributed by atoms with Gasteiger partial charge in [0.15, 0.2) is 5.96 Å². The highest BCUT2D eigenvalue weighted by Gasteiger charge is 2.45. The van der Waals surface area contributed by atoms with E-state index < -0.39 is 119 Å². The molecule has 1 aliphatic heterocycles. The van der Waals surface area contributed by atoms with Crippen LogP contribution in [0.1, 0.15) is 122 Å². The minimum Gasteiger partial charge on any atom is -0.508 e. The Hall–Kier alpha value is -6.31. The molecular weight excluding hydrogens is 1010 g/mol. The number of aromatic hydroxyl groups is 1. The van der Waals surface area contributed by atoms with E-state index in [0.717, 1.165) is 38.5 Å². The summed E-state index contributed by atoms with van der Waals surface area (Å²) in [6, 6.07) is -1.57. The van der Waals surface area contributed by atoms with E-state index in [1.807, 2.05) is 0 Å². The van der Waals surface area contributed by atoms with Crippen molar-refractivity contribution in [1.29, 1.82) is 0 Å². The molecule has 75 heavy (non-hydrogen) atoms. The molecule has 26 heteroatoms. The van der Waals surface area contributed by atoms with Gasteiger partial charge in [0.2, 0.25) is 59.1 Å². The number of hydrogen-bond donors (Lipinski definition) is 14. The maximum atomic E-state index is 14.6. The molecule has 16 N–H and O–H groups in total. The van der Waals surface area contributed by atoms with E-state index in [4.69, 9.17) is 35.6 Å². The molecule has 416 valence electrons. The van der Waals surface area contributed by atoms with Crippen LogP contribution in [0.2, 0.25) is 0 Å². The molecule has 0 unspecified atom stereocenters. The monoisotopic (exact) mass is 1090 g/mol. The molecule has 6 atom stereocenters. The number of nitrogens with one attached hydrogen (secondary N) is 7. The number of rotatable bonds is 27. The van der Waals surface area contributed by atoms with E-state index in [9.17, 15) is 53.1 Å². The zero-order valence-corrected chi connectivity index (χ0v) is 44.6. The van der Waals surface area contributed by atoms with E-state index >= 15 is 0 Å². The van der Waals surface area contributed by atoms with Crippen LogP contribution in [0.25, 0.3) is 0 Å². The standard InChI is InChI=1S/C49H77N13O11S2/c1-28(2)39(60-46(73)49(19-7-4-8-20-49)61-42(69)32(23-29-13-15-30(63)16-14-29)56-38(66)25-48(75)17-5-3-6-18-48)44(71)58-33(24-36(50)64)41(68)59-34(27-74)45(72)62-22-10-12-35(62)43(70)57-31(11-9-21-54-47(52)53)40(67)55-26-37(51)65/h13-16,28,31-35,39,63,74-75H,3-12,17-27H2,1-2H3,(H2,50,64)(H2,51,65)(H,55,67)(H,56,66)(H,57,70)(H,58,71)(H,59,68)(H,60,73)(H,61,69)(H4,52,53,54)/t31-,32-,33-,34-,35-,39-/m0/s1. The van der Waals surface area contributed by atoms with Crippen LogP contribution in [-0.4, -0.2) is 147 Å². The second-order valence-corrected chi connectivity index (χ2v) is 21.5. The maximum Gasteiger partial charge on any atom is 0.246 e. The highest BCUT2D eigenvalue weighted by Crippen LogP contribution is 2.37. The van der Waals surface area contributed by atoms with Crippen molar-refractivity contribution in [2.45, 2.75) is 170 Å². The fraction of sp³-hybridized carbons (Fsp3) is 0.653. The summed E-state index contributed by atoms with van der Waals surface area (Å²) in [5.41, 5.74) is 20.6. The SMILES string of the molecule is CC(C)[C@H](NC(=O)C1(NC(=O)[C@H](Cc2ccc(O)cc2)NC(=O)CC2(S)CCCCC2)CCCCC1)C(=O)N[C@@H](CC(N)=O)C(=O)N[C@@H](CS)C(=O)N1CCC[C@H]1C(=O)N[C@@H](CCCN=C(N)N)C(=O)NCC(N)=O. The number of aliphatic imine (C=N–C) groups is 1. The number of thiol groups is 2. The van der Waals surface area contributed by atoms with Crippen molar-refractivity contribution in [3.63, 3.8) is 0 Å². The third kappa shape index (κ3) is 19.1. The van der Waals surface area contributed by atoms with Crippen LogP contribution in [-0.2, 0) is 54.4 Å². The Morgan fingerprint density at radius 3 is 1.95 bits per heavy atom. The molecule has 1 heterocycles. The summed E-state index contributed by atoms with van der Waals surface area (Å²) in [6.07, 6.45) is 6.96. The summed E-state index contributed by atoms with van der Waals surface area (Å²) in [7, 11) is 0. The van der Waals surface area contributed by atoms with Gasteiger partial charge in [-0.15, -0.1) is 0 Å². The van der Waals surface area contributed by atoms with E-state index in [1.165, 1.54) is 17.0 Å². The number of nitrogens with two attached hydrogens (primary N) is 4. The van der Waals surface area contributed by atoms with Gasteiger partial charge in [-0.25, -0.2) is 0 Å². The summed E-state index contributed by atoms with van der Waals surface area (Å²) >= 11 is 9.13. The number of amides is 10. The normalized spacial score (nSPS) is 18.8. The van der Waals surface area contributed by atoms with Crippen LogP contribution in [0, 0.1) is 5.92 Å². The number of benzene rings is 1. The van der Waals surface area contributed by atoms with Crippen LogP contribution in [0.15, 0.2) is 29.3 Å². The largest absolute Gasteiger partial charge is 0.508 e. The number of hydrogen-bond acceptors (Lipinski definition) is 14. The molecule has 1 aromatic carbocycles.